The number of sulfonamides is 1. The predicted octanol–water partition coefficient (Wildman–Crippen LogP) is 1.17. The van der Waals surface area contributed by atoms with E-state index in [1.54, 1.807) is 24.4 Å². The van der Waals surface area contributed by atoms with Gasteiger partial charge in [0.1, 0.15) is 18.4 Å². The standard InChI is InChI=1S/C20H21N3O6S2/c1-2-3-12-29-15-6-8-16(9-7-15)31(27,28)23-11-10-22(14-17(23)19(24)21-26)20(25)18-5-4-13-30-18/h4-9,13,17,26H,10-12,14H2,1H3,(H,21,24). The predicted molar refractivity (Wildman–Crippen MR) is 113 cm³/mol. The molecule has 1 atom stereocenters. The molecule has 9 nitrogen and oxygen atoms in total. The van der Waals surface area contributed by atoms with E-state index in [0.29, 0.717) is 10.6 Å². The van der Waals surface area contributed by atoms with E-state index in [0.717, 1.165) is 4.31 Å². The lowest BCUT2D eigenvalue weighted by Crippen LogP contribution is -2.61. The zero-order valence-corrected chi connectivity index (χ0v) is 18.3. The minimum atomic E-state index is -4.07. The molecule has 1 aromatic carbocycles. The normalized spacial score (nSPS) is 16.8. The maximum atomic E-state index is 13.2. The SMILES string of the molecule is CC#CCOc1ccc(S(=O)(=O)N2CCN(C(=O)c3cccs3)CC2C(=O)NO)cc1. The monoisotopic (exact) mass is 463 g/mol. The summed E-state index contributed by atoms with van der Waals surface area (Å²) in [6, 6.07) is 7.88. The van der Waals surface area contributed by atoms with Crippen molar-refractivity contribution in [2.24, 2.45) is 0 Å². The second kappa shape index (κ2) is 9.93. The lowest BCUT2D eigenvalue weighted by molar-refractivity contribution is -0.134. The summed E-state index contributed by atoms with van der Waals surface area (Å²) < 4.78 is 32.8. The number of amides is 2. The van der Waals surface area contributed by atoms with Gasteiger partial charge in [0.2, 0.25) is 10.0 Å². The highest BCUT2D eigenvalue weighted by Crippen LogP contribution is 2.25. The number of carbonyl (C=O) groups excluding carboxylic acids is 2. The van der Waals surface area contributed by atoms with Gasteiger partial charge in [0, 0.05) is 19.6 Å². The molecule has 1 fully saturated rings. The Bertz CT molecular complexity index is 1090. The number of thiophene rings is 1. The zero-order valence-electron chi connectivity index (χ0n) is 16.6. The van der Waals surface area contributed by atoms with Crippen LogP contribution in [0.25, 0.3) is 0 Å². The van der Waals surface area contributed by atoms with Gasteiger partial charge in [-0.2, -0.15) is 4.31 Å². The van der Waals surface area contributed by atoms with Crippen LogP contribution in [0, 0.1) is 11.8 Å². The molecule has 0 aliphatic carbocycles. The first kappa shape index (κ1) is 22.8. The molecule has 2 amide bonds. The fraction of sp³-hybridized carbons (Fsp3) is 0.300. The number of hydroxylamine groups is 1. The van der Waals surface area contributed by atoms with Crippen LogP contribution in [0.1, 0.15) is 16.6 Å². The van der Waals surface area contributed by atoms with Crippen LogP contribution < -0.4 is 10.2 Å². The Labute approximate surface area is 184 Å². The molecule has 2 aromatic rings. The number of nitrogens with zero attached hydrogens (tertiary/aromatic N) is 2. The van der Waals surface area contributed by atoms with Crippen LogP contribution in [0.3, 0.4) is 0 Å². The van der Waals surface area contributed by atoms with E-state index in [-0.39, 0.29) is 37.0 Å². The summed E-state index contributed by atoms with van der Waals surface area (Å²) in [5, 5.41) is 10.9. The van der Waals surface area contributed by atoms with Crippen LogP contribution in [0.5, 0.6) is 5.75 Å². The highest BCUT2D eigenvalue weighted by atomic mass is 32.2. The number of piperazine rings is 1. The van der Waals surface area contributed by atoms with Gasteiger partial charge in [-0.15, -0.1) is 17.3 Å². The molecule has 1 aromatic heterocycles. The van der Waals surface area contributed by atoms with E-state index >= 15 is 0 Å². The van der Waals surface area contributed by atoms with Crippen molar-refractivity contribution in [2.75, 3.05) is 26.2 Å². The Kier molecular flexibility index (Phi) is 7.29. The number of rotatable bonds is 6. The smallest absolute Gasteiger partial charge is 0.264 e. The molecule has 1 aliphatic rings. The van der Waals surface area contributed by atoms with Gasteiger partial charge >= 0.3 is 0 Å². The maximum Gasteiger partial charge on any atom is 0.264 e. The molecule has 2 N–H and O–H groups in total. The van der Waals surface area contributed by atoms with Crippen molar-refractivity contribution >= 4 is 33.2 Å². The Morgan fingerprint density at radius 3 is 2.61 bits per heavy atom. The molecule has 31 heavy (non-hydrogen) atoms. The van der Waals surface area contributed by atoms with E-state index in [1.807, 2.05) is 0 Å². The summed E-state index contributed by atoms with van der Waals surface area (Å²) in [7, 11) is -4.07. The molecule has 2 heterocycles. The summed E-state index contributed by atoms with van der Waals surface area (Å²) in [6.07, 6.45) is 0. The molecule has 1 aliphatic heterocycles. The molecule has 0 radical (unpaired) electrons. The number of hydrogen-bond donors (Lipinski definition) is 2. The molecule has 1 saturated heterocycles. The highest BCUT2D eigenvalue weighted by molar-refractivity contribution is 7.89. The molecule has 0 spiro atoms. The van der Waals surface area contributed by atoms with Crippen LogP contribution >= 0.6 is 11.3 Å². The quantitative estimate of drug-likeness (QED) is 0.377. The van der Waals surface area contributed by atoms with Gasteiger partial charge in [0.25, 0.3) is 11.8 Å². The minimum Gasteiger partial charge on any atom is -0.481 e. The van der Waals surface area contributed by atoms with Crippen molar-refractivity contribution in [3.8, 4) is 17.6 Å². The summed E-state index contributed by atoms with van der Waals surface area (Å²) >= 11 is 1.26. The number of nitrogens with one attached hydrogen (secondary N) is 1. The average Bonchev–Trinajstić information content (AvgIpc) is 3.33. The van der Waals surface area contributed by atoms with Crippen molar-refractivity contribution in [1.29, 1.82) is 0 Å². The Hall–Kier alpha value is -2.91. The molecule has 164 valence electrons. The molecular weight excluding hydrogens is 442 g/mol. The molecule has 3 rings (SSSR count). The van der Waals surface area contributed by atoms with Crippen molar-refractivity contribution in [1.82, 2.24) is 14.7 Å². The fourth-order valence-electron chi connectivity index (χ4n) is 3.12. The first-order valence-corrected chi connectivity index (χ1v) is 11.6. The van der Waals surface area contributed by atoms with Gasteiger partial charge in [-0.3, -0.25) is 14.8 Å². The Morgan fingerprint density at radius 2 is 2.00 bits per heavy atom. The van der Waals surface area contributed by atoms with E-state index in [1.165, 1.54) is 46.0 Å². The van der Waals surface area contributed by atoms with E-state index in [9.17, 15) is 18.0 Å². The number of benzene rings is 1. The first-order chi connectivity index (χ1) is 14.9. The van der Waals surface area contributed by atoms with Crippen LogP contribution in [-0.2, 0) is 14.8 Å². The van der Waals surface area contributed by atoms with Crippen LogP contribution in [0.2, 0.25) is 0 Å². The molecule has 1 unspecified atom stereocenters. The average molecular weight is 464 g/mol. The largest absolute Gasteiger partial charge is 0.481 e. The zero-order chi connectivity index (χ0) is 22.4. The van der Waals surface area contributed by atoms with Gasteiger partial charge < -0.3 is 9.64 Å². The maximum absolute atomic E-state index is 13.2. The third-order valence-corrected chi connectivity index (χ3v) is 7.46. The van der Waals surface area contributed by atoms with Gasteiger partial charge in [-0.25, -0.2) is 13.9 Å². The molecule has 0 saturated carbocycles. The summed E-state index contributed by atoms with van der Waals surface area (Å²) in [4.78, 5) is 26.8. The third-order valence-electron chi connectivity index (χ3n) is 4.68. The van der Waals surface area contributed by atoms with E-state index in [4.69, 9.17) is 9.94 Å². The first-order valence-electron chi connectivity index (χ1n) is 9.29. The van der Waals surface area contributed by atoms with Gasteiger partial charge in [-0.05, 0) is 42.6 Å². The fourth-order valence-corrected chi connectivity index (χ4v) is 5.38. The van der Waals surface area contributed by atoms with Crippen LogP contribution in [-0.4, -0.2) is 66.9 Å². The third kappa shape index (κ3) is 5.05. The van der Waals surface area contributed by atoms with Crippen molar-refractivity contribution in [3.05, 3.63) is 46.7 Å². The van der Waals surface area contributed by atoms with Gasteiger partial charge in [0.15, 0.2) is 0 Å². The molecular formula is C20H21N3O6S2. The lowest BCUT2D eigenvalue weighted by atomic mass is 10.2. The summed E-state index contributed by atoms with van der Waals surface area (Å²) in [6.45, 7) is 1.70. The Balaban J connectivity index is 1.81. The van der Waals surface area contributed by atoms with Gasteiger partial charge in [0.05, 0.1) is 9.77 Å². The van der Waals surface area contributed by atoms with Crippen molar-refractivity contribution in [3.63, 3.8) is 0 Å². The summed E-state index contributed by atoms with van der Waals surface area (Å²) in [5.41, 5.74) is 1.51. The second-order valence-electron chi connectivity index (χ2n) is 6.52. The van der Waals surface area contributed by atoms with Gasteiger partial charge in [-0.1, -0.05) is 12.0 Å². The highest BCUT2D eigenvalue weighted by Gasteiger charge is 2.41. The summed E-state index contributed by atoms with van der Waals surface area (Å²) in [5.74, 6) is 4.69. The topological polar surface area (TPSA) is 116 Å². The van der Waals surface area contributed by atoms with Crippen LogP contribution in [0.4, 0.5) is 0 Å². The number of ether oxygens (including phenoxy) is 1. The molecule has 11 heteroatoms. The van der Waals surface area contributed by atoms with Crippen molar-refractivity contribution < 1.29 is 28.0 Å². The van der Waals surface area contributed by atoms with Crippen molar-refractivity contribution in [2.45, 2.75) is 17.9 Å². The van der Waals surface area contributed by atoms with E-state index < -0.39 is 22.0 Å². The minimum absolute atomic E-state index is 0.0322. The number of carbonyl (C=O) groups is 2. The van der Waals surface area contributed by atoms with E-state index in [2.05, 4.69) is 11.8 Å². The van der Waals surface area contributed by atoms with Crippen LogP contribution in [0.15, 0.2) is 46.7 Å². The Morgan fingerprint density at radius 1 is 1.26 bits per heavy atom. The molecule has 0 bridgehead atoms. The lowest BCUT2D eigenvalue weighted by Gasteiger charge is -2.39. The second-order valence-corrected chi connectivity index (χ2v) is 9.36. The number of hydrogen-bond acceptors (Lipinski definition) is 7.